The molecular weight excluding hydrogens is 364 g/mol. The summed E-state index contributed by atoms with van der Waals surface area (Å²) >= 11 is 6.00. The average Bonchev–Trinajstić information content (AvgIpc) is 3.02. The maximum absolute atomic E-state index is 10.3. The van der Waals surface area contributed by atoms with Crippen molar-refractivity contribution in [2.24, 2.45) is 0 Å². The second kappa shape index (κ2) is 7.37. The van der Waals surface area contributed by atoms with Crippen LogP contribution in [0.2, 0.25) is 5.02 Å². The van der Waals surface area contributed by atoms with E-state index in [1.807, 2.05) is 19.1 Å². The number of benzene rings is 1. The molecule has 3 aromatic rings. The number of aromatic nitrogens is 2. The summed E-state index contributed by atoms with van der Waals surface area (Å²) in [6.45, 7) is 7.27. The lowest BCUT2D eigenvalue weighted by atomic mass is 10.0. The van der Waals surface area contributed by atoms with Gasteiger partial charge in [0.2, 0.25) is 5.65 Å². The molecule has 0 spiro atoms. The number of nitrogens with one attached hydrogen (secondary N) is 1. The number of hydrogen-bond donors (Lipinski definition) is 2. The largest absolute Gasteiger partial charge is 0.507 e. The van der Waals surface area contributed by atoms with Gasteiger partial charge in [0.25, 0.3) is 6.01 Å². The Bertz CT molecular complexity index is 949. The van der Waals surface area contributed by atoms with Crippen LogP contribution in [-0.2, 0) is 0 Å². The minimum atomic E-state index is 0.107. The van der Waals surface area contributed by atoms with Gasteiger partial charge in [-0.15, -0.1) is 0 Å². The van der Waals surface area contributed by atoms with Crippen LogP contribution >= 0.6 is 11.6 Å². The molecule has 2 N–H and O–H groups in total. The number of aryl methyl sites for hydroxylation is 1. The van der Waals surface area contributed by atoms with Gasteiger partial charge >= 0.3 is 0 Å². The zero-order valence-electron chi connectivity index (χ0n) is 15.5. The second-order valence-electron chi connectivity index (χ2n) is 7.03. The van der Waals surface area contributed by atoms with E-state index in [9.17, 15) is 5.11 Å². The van der Waals surface area contributed by atoms with E-state index in [2.05, 4.69) is 27.1 Å². The average molecular weight is 387 g/mol. The van der Waals surface area contributed by atoms with Crippen LogP contribution in [0.25, 0.3) is 22.5 Å². The molecule has 2 aromatic heterocycles. The van der Waals surface area contributed by atoms with Gasteiger partial charge in [0.1, 0.15) is 5.75 Å². The van der Waals surface area contributed by atoms with Gasteiger partial charge in [-0.2, -0.15) is 4.98 Å². The van der Waals surface area contributed by atoms with Crippen LogP contribution in [0.4, 0.5) is 6.01 Å². The summed E-state index contributed by atoms with van der Waals surface area (Å²) in [5, 5.41) is 14.2. The highest BCUT2D eigenvalue weighted by atomic mass is 35.5. The number of aromatic hydroxyl groups is 1. The molecule has 1 aliphatic heterocycles. The minimum absolute atomic E-state index is 0.107. The molecule has 27 heavy (non-hydrogen) atoms. The normalized spacial score (nSPS) is 18.1. The number of piperidine rings is 1. The molecule has 0 amide bonds. The number of likely N-dealkylation sites (N-methyl/N-ethyl adjacent to an activating group) is 1. The van der Waals surface area contributed by atoms with E-state index in [1.54, 1.807) is 6.07 Å². The van der Waals surface area contributed by atoms with Crippen LogP contribution < -0.4 is 5.32 Å². The number of oxazole rings is 1. The SMILES string of the molecule is CCN1CCC[C@H](Nc2nc3nc(-c4c(C)cc(Cl)cc4O)ccc3o2)C1. The number of pyridine rings is 1. The Labute approximate surface area is 163 Å². The number of anilines is 1. The van der Waals surface area contributed by atoms with Crippen LogP contribution in [-0.4, -0.2) is 45.7 Å². The van der Waals surface area contributed by atoms with Crippen LogP contribution in [0.15, 0.2) is 28.7 Å². The molecule has 0 unspecified atom stereocenters. The Balaban J connectivity index is 1.61. The molecule has 4 rings (SSSR count). The van der Waals surface area contributed by atoms with Crippen molar-refractivity contribution in [1.29, 1.82) is 0 Å². The Kier molecular flexibility index (Phi) is 4.93. The van der Waals surface area contributed by atoms with Crippen molar-refractivity contribution in [3.8, 4) is 17.0 Å². The first kappa shape index (κ1) is 18.1. The first-order chi connectivity index (χ1) is 13.0. The Morgan fingerprint density at radius 2 is 2.19 bits per heavy atom. The summed E-state index contributed by atoms with van der Waals surface area (Å²) in [4.78, 5) is 11.5. The number of rotatable bonds is 4. The summed E-state index contributed by atoms with van der Waals surface area (Å²) in [5.74, 6) is 0.107. The van der Waals surface area contributed by atoms with Gasteiger partial charge in [0.15, 0.2) is 5.58 Å². The van der Waals surface area contributed by atoms with Crippen LogP contribution in [0.3, 0.4) is 0 Å². The third-order valence-corrected chi connectivity index (χ3v) is 5.29. The van der Waals surface area contributed by atoms with Gasteiger partial charge < -0.3 is 19.7 Å². The molecular formula is C20H23ClN4O2. The highest BCUT2D eigenvalue weighted by Crippen LogP contribution is 2.35. The monoisotopic (exact) mass is 386 g/mol. The van der Waals surface area contributed by atoms with E-state index < -0.39 is 0 Å². The van der Waals surface area contributed by atoms with Crippen molar-refractivity contribution < 1.29 is 9.52 Å². The van der Waals surface area contributed by atoms with Gasteiger partial charge in [-0.25, -0.2) is 4.98 Å². The van der Waals surface area contributed by atoms with Crippen molar-refractivity contribution in [2.45, 2.75) is 32.7 Å². The number of fused-ring (bicyclic) bond motifs is 1. The van der Waals surface area contributed by atoms with Gasteiger partial charge in [-0.3, -0.25) is 0 Å². The fourth-order valence-corrected chi connectivity index (χ4v) is 3.98. The molecule has 0 bridgehead atoms. The quantitative estimate of drug-likeness (QED) is 0.689. The van der Waals surface area contributed by atoms with Gasteiger partial charge in [-0.1, -0.05) is 18.5 Å². The van der Waals surface area contributed by atoms with Crippen molar-refractivity contribution in [3.63, 3.8) is 0 Å². The van der Waals surface area contributed by atoms with Gasteiger partial charge in [0.05, 0.1) is 5.69 Å². The molecule has 142 valence electrons. The number of hydrogen-bond acceptors (Lipinski definition) is 6. The van der Waals surface area contributed by atoms with Crippen LogP contribution in [0, 0.1) is 6.92 Å². The van der Waals surface area contributed by atoms with E-state index in [1.165, 1.54) is 12.5 Å². The summed E-state index contributed by atoms with van der Waals surface area (Å²) < 4.78 is 5.82. The molecule has 0 aliphatic carbocycles. The zero-order chi connectivity index (χ0) is 19.0. The van der Waals surface area contributed by atoms with Gasteiger partial charge in [-0.05, 0) is 62.7 Å². The number of phenols is 1. The molecule has 1 aromatic carbocycles. The number of phenolic OH excluding ortho intramolecular Hbond substituents is 1. The fourth-order valence-electron chi connectivity index (χ4n) is 3.71. The summed E-state index contributed by atoms with van der Waals surface area (Å²) in [5.41, 5.74) is 3.30. The van der Waals surface area contributed by atoms with E-state index in [-0.39, 0.29) is 5.75 Å². The number of nitrogens with zero attached hydrogens (tertiary/aromatic N) is 3. The van der Waals surface area contributed by atoms with E-state index in [0.717, 1.165) is 31.6 Å². The molecule has 1 saturated heterocycles. The molecule has 3 heterocycles. The molecule has 1 aliphatic rings. The predicted molar refractivity (Wildman–Crippen MR) is 107 cm³/mol. The van der Waals surface area contributed by atoms with Gasteiger partial charge in [0, 0.05) is 23.2 Å². The van der Waals surface area contributed by atoms with Crippen molar-refractivity contribution in [1.82, 2.24) is 14.9 Å². The number of likely N-dealkylation sites (tertiary alicyclic amines) is 1. The number of halogens is 1. The summed E-state index contributed by atoms with van der Waals surface area (Å²) in [7, 11) is 0. The molecule has 1 atom stereocenters. The Hall–Kier alpha value is -2.31. The van der Waals surface area contributed by atoms with E-state index >= 15 is 0 Å². The lowest BCUT2D eigenvalue weighted by Crippen LogP contribution is -2.41. The third kappa shape index (κ3) is 3.73. The predicted octanol–water partition coefficient (Wildman–Crippen LogP) is 4.45. The highest BCUT2D eigenvalue weighted by molar-refractivity contribution is 6.31. The first-order valence-corrected chi connectivity index (χ1v) is 9.67. The molecule has 7 heteroatoms. The lowest BCUT2D eigenvalue weighted by molar-refractivity contribution is 0.225. The first-order valence-electron chi connectivity index (χ1n) is 9.29. The third-order valence-electron chi connectivity index (χ3n) is 5.07. The second-order valence-corrected chi connectivity index (χ2v) is 7.47. The smallest absolute Gasteiger partial charge is 0.297 e. The Morgan fingerprint density at radius 3 is 2.96 bits per heavy atom. The van der Waals surface area contributed by atoms with Crippen molar-refractivity contribution in [3.05, 3.63) is 34.9 Å². The Morgan fingerprint density at radius 1 is 1.33 bits per heavy atom. The zero-order valence-corrected chi connectivity index (χ0v) is 16.3. The van der Waals surface area contributed by atoms with Crippen LogP contribution in [0.5, 0.6) is 5.75 Å². The maximum Gasteiger partial charge on any atom is 0.297 e. The van der Waals surface area contributed by atoms with Crippen LogP contribution in [0.1, 0.15) is 25.3 Å². The van der Waals surface area contributed by atoms with Crippen molar-refractivity contribution in [2.75, 3.05) is 25.0 Å². The van der Waals surface area contributed by atoms with E-state index in [4.69, 9.17) is 16.0 Å². The molecule has 6 nitrogen and oxygen atoms in total. The summed E-state index contributed by atoms with van der Waals surface area (Å²) in [6.07, 6.45) is 2.27. The highest BCUT2D eigenvalue weighted by Gasteiger charge is 2.21. The van der Waals surface area contributed by atoms with Crippen molar-refractivity contribution >= 4 is 28.8 Å². The standard InChI is InChI=1S/C20H23ClN4O2/c1-3-25-8-4-5-14(11-25)22-20-24-19-17(27-20)7-6-15(23-19)18-12(2)9-13(21)10-16(18)26/h6-7,9-10,14,26H,3-5,8,11H2,1-2H3,(H,22,23,24)/t14-/m0/s1. The fraction of sp³-hybridized carbons (Fsp3) is 0.400. The lowest BCUT2D eigenvalue weighted by Gasteiger charge is -2.31. The maximum atomic E-state index is 10.3. The minimum Gasteiger partial charge on any atom is -0.507 e. The molecule has 0 saturated carbocycles. The topological polar surface area (TPSA) is 74.4 Å². The molecule has 0 radical (unpaired) electrons. The van der Waals surface area contributed by atoms with E-state index in [0.29, 0.717) is 39.6 Å². The summed E-state index contributed by atoms with van der Waals surface area (Å²) in [6, 6.07) is 7.81. The molecule has 1 fully saturated rings.